The summed E-state index contributed by atoms with van der Waals surface area (Å²) in [6.07, 6.45) is 4.84. The van der Waals surface area contributed by atoms with E-state index in [1.165, 1.54) is 25.9 Å². The lowest BCUT2D eigenvalue weighted by Gasteiger charge is -2.34. The van der Waals surface area contributed by atoms with Crippen molar-refractivity contribution in [2.24, 2.45) is 5.92 Å². The summed E-state index contributed by atoms with van der Waals surface area (Å²) in [5.74, 6) is 1.24. The molecule has 0 saturated heterocycles. The molecule has 142 valence electrons. The number of methoxy groups -OCH3 is 2. The van der Waals surface area contributed by atoms with Gasteiger partial charge in [-0.15, -0.1) is 0 Å². The Bertz CT molecular complexity index is 863. The maximum atomic E-state index is 13.4. The second-order valence-electron chi connectivity index (χ2n) is 6.82. The fourth-order valence-electron chi connectivity index (χ4n) is 3.79. The average Bonchev–Trinajstić information content (AvgIpc) is 3.05. The number of benzene rings is 1. The number of allylic oxidation sites excluding steroid dienone is 1. The lowest BCUT2D eigenvalue weighted by atomic mass is 9.80. The summed E-state index contributed by atoms with van der Waals surface area (Å²) < 4.78 is 39.4. The molecule has 3 rings (SSSR count). The second kappa shape index (κ2) is 7.37. The quantitative estimate of drug-likeness (QED) is 0.644. The Morgan fingerprint density at radius 2 is 1.92 bits per heavy atom. The van der Waals surface area contributed by atoms with Gasteiger partial charge in [-0.1, -0.05) is 23.8 Å². The first kappa shape index (κ1) is 19.5. The van der Waals surface area contributed by atoms with Crippen LogP contribution in [0.3, 0.4) is 0 Å². The van der Waals surface area contributed by atoms with Crippen molar-refractivity contribution in [2.45, 2.75) is 37.1 Å². The van der Waals surface area contributed by atoms with Crippen LogP contribution in [0.25, 0.3) is 0 Å². The SMILES string of the molecule is C=C(C)[C@H]1CCC2=CCN(S(=O)(=O)c3cc(OC)c(OC)cc3Br)[C@@H]2C1. The molecule has 1 saturated carbocycles. The van der Waals surface area contributed by atoms with Gasteiger partial charge in [0.25, 0.3) is 0 Å². The van der Waals surface area contributed by atoms with Crippen molar-refractivity contribution in [3.63, 3.8) is 0 Å². The van der Waals surface area contributed by atoms with E-state index in [1.807, 2.05) is 6.92 Å². The third-order valence-electron chi connectivity index (χ3n) is 5.32. The highest BCUT2D eigenvalue weighted by atomic mass is 79.9. The zero-order valence-electron chi connectivity index (χ0n) is 15.3. The summed E-state index contributed by atoms with van der Waals surface area (Å²) in [7, 11) is -0.658. The molecule has 0 unspecified atom stereocenters. The van der Waals surface area contributed by atoms with E-state index in [0.717, 1.165) is 24.8 Å². The molecule has 5 nitrogen and oxygen atoms in total. The van der Waals surface area contributed by atoms with Crippen LogP contribution >= 0.6 is 15.9 Å². The van der Waals surface area contributed by atoms with Crippen LogP contribution in [0.4, 0.5) is 0 Å². The molecule has 0 N–H and O–H groups in total. The first-order chi connectivity index (χ1) is 12.3. The molecule has 2 aliphatic rings. The van der Waals surface area contributed by atoms with Crippen LogP contribution in [0.1, 0.15) is 26.2 Å². The third-order valence-corrected chi connectivity index (χ3v) is 8.15. The van der Waals surface area contributed by atoms with Gasteiger partial charge in [0.1, 0.15) is 4.90 Å². The van der Waals surface area contributed by atoms with Crippen LogP contribution in [-0.2, 0) is 10.0 Å². The Labute approximate surface area is 163 Å². The van der Waals surface area contributed by atoms with Gasteiger partial charge < -0.3 is 9.47 Å². The van der Waals surface area contributed by atoms with Gasteiger partial charge in [-0.25, -0.2) is 8.42 Å². The monoisotopic (exact) mass is 441 g/mol. The predicted octanol–water partition coefficient (Wildman–Crippen LogP) is 4.14. The molecule has 1 aromatic rings. The van der Waals surface area contributed by atoms with Crippen molar-refractivity contribution in [1.82, 2.24) is 4.31 Å². The number of halogens is 1. The van der Waals surface area contributed by atoms with Crippen LogP contribution in [0, 0.1) is 5.92 Å². The largest absolute Gasteiger partial charge is 0.493 e. The summed E-state index contributed by atoms with van der Waals surface area (Å²) in [6.45, 7) is 6.50. The van der Waals surface area contributed by atoms with E-state index >= 15 is 0 Å². The summed E-state index contributed by atoms with van der Waals surface area (Å²) in [4.78, 5) is 0.197. The van der Waals surface area contributed by atoms with Crippen molar-refractivity contribution in [1.29, 1.82) is 0 Å². The van der Waals surface area contributed by atoms with Crippen molar-refractivity contribution >= 4 is 26.0 Å². The molecule has 0 radical (unpaired) electrons. The van der Waals surface area contributed by atoms with Gasteiger partial charge in [-0.3, -0.25) is 0 Å². The van der Waals surface area contributed by atoms with E-state index in [1.54, 1.807) is 10.4 Å². The molecule has 0 amide bonds. The van der Waals surface area contributed by atoms with Crippen LogP contribution in [-0.4, -0.2) is 39.5 Å². The Kier molecular flexibility index (Phi) is 5.51. The van der Waals surface area contributed by atoms with Gasteiger partial charge in [0.15, 0.2) is 11.5 Å². The lowest BCUT2D eigenvalue weighted by Crippen LogP contribution is -2.40. The minimum Gasteiger partial charge on any atom is -0.493 e. The summed E-state index contributed by atoms with van der Waals surface area (Å²) in [5, 5.41) is 0. The standard InChI is InChI=1S/C19H24BrNO4S/c1-12(2)14-6-5-13-7-8-21(16(13)9-14)26(22,23)19-11-18(25-4)17(24-3)10-15(19)20/h7,10-11,14,16H,1,5-6,8-9H2,2-4H3/t14-,16+/m0/s1. The van der Waals surface area contributed by atoms with E-state index in [2.05, 4.69) is 28.6 Å². The number of ether oxygens (including phenoxy) is 2. The number of sulfonamides is 1. The van der Waals surface area contributed by atoms with E-state index in [9.17, 15) is 8.42 Å². The third kappa shape index (κ3) is 3.32. The first-order valence-electron chi connectivity index (χ1n) is 8.57. The average molecular weight is 442 g/mol. The van der Waals surface area contributed by atoms with Gasteiger partial charge >= 0.3 is 0 Å². The Morgan fingerprint density at radius 3 is 2.54 bits per heavy atom. The molecular formula is C19H24BrNO4S. The van der Waals surface area contributed by atoms with Crippen LogP contribution in [0.2, 0.25) is 0 Å². The smallest absolute Gasteiger partial charge is 0.245 e. The second-order valence-corrected chi connectivity index (χ2v) is 9.54. The Balaban J connectivity index is 1.97. The number of hydrogen-bond donors (Lipinski definition) is 0. The van der Waals surface area contributed by atoms with Crippen LogP contribution < -0.4 is 9.47 Å². The molecule has 1 aliphatic carbocycles. The molecule has 26 heavy (non-hydrogen) atoms. The molecule has 1 fully saturated rings. The van der Waals surface area contributed by atoms with E-state index in [-0.39, 0.29) is 10.9 Å². The van der Waals surface area contributed by atoms with Crippen molar-refractivity contribution in [3.8, 4) is 11.5 Å². The molecule has 0 aromatic heterocycles. The number of hydrogen-bond acceptors (Lipinski definition) is 4. The van der Waals surface area contributed by atoms with E-state index in [4.69, 9.17) is 9.47 Å². The fraction of sp³-hybridized carbons (Fsp3) is 0.474. The van der Waals surface area contributed by atoms with E-state index in [0.29, 0.717) is 28.4 Å². The highest BCUT2D eigenvalue weighted by molar-refractivity contribution is 9.10. The first-order valence-corrected chi connectivity index (χ1v) is 10.8. The highest BCUT2D eigenvalue weighted by Gasteiger charge is 2.41. The van der Waals surface area contributed by atoms with E-state index < -0.39 is 10.0 Å². The minimum atomic E-state index is -3.68. The highest BCUT2D eigenvalue weighted by Crippen LogP contribution is 2.42. The zero-order chi connectivity index (χ0) is 19.1. The van der Waals surface area contributed by atoms with Crippen LogP contribution in [0.15, 0.2) is 45.3 Å². The molecule has 2 atom stereocenters. The minimum absolute atomic E-state index is 0.0875. The molecule has 0 bridgehead atoms. The molecule has 0 spiro atoms. The topological polar surface area (TPSA) is 55.8 Å². The normalized spacial score (nSPS) is 23.3. The van der Waals surface area contributed by atoms with Gasteiger partial charge in [0.2, 0.25) is 10.0 Å². The number of rotatable bonds is 5. The summed E-state index contributed by atoms with van der Waals surface area (Å²) in [5.41, 5.74) is 2.35. The summed E-state index contributed by atoms with van der Waals surface area (Å²) in [6, 6.07) is 3.07. The maximum absolute atomic E-state index is 13.4. The molecular weight excluding hydrogens is 418 g/mol. The van der Waals surface area contributed by atoms with Gasteiger partial charge in [-0.05, 0) is 54.1 Å². The zero-order valence-corrected chi connectivity index (χ0v) is 17.7. The molecule has 1 heterocycles. The molecule has 1 aromatic carbocycles. The van der Waals surface area contributed by atoms with Gasteiger partial charge in [0, 0.05) is 23.1 Å². The number of nitrogens with zero attached hydrogens (tertiary/aromatic N) is 1. The van der Waals surface area contributed by atoms with Crippen molar-refractivity contribution < 1.29 is 17.9 Å². The predicted molar refractivity (Wildman–Crippen MR) is 105 cm³/mol. The van der Waals surface area contributed by atoms with Gasteiger partial charge in [-0.2, -0.15) is 4.31 Å². The fourth-order valence-corrected chi connectivity index (χ4v) is 6.37. The lowest BCUT2D eigenvalue weighted by molar-refractivity contribution is 0.311. The Hall–Kier alpha value is -1.31. The Morgan fingerprint density at radius 1 is 1.27 bits per heavy atom. The van der Waals surface area contributed by atoms with Crippen LogP contribution in [0.5, 0.6) is 11.5 Å². The van der Waals surface area contributed by atoms with Gasteiger partial charge in [0.05, 0.1) is 14.2 Å². The molecule has 7 heteroatoms. The van der Waals surface area contributed by atoms with Crippen molar-refractivity contribution in [2.75, 3.05) is 20.8 Å². The number of fused-ring (bicyclic) bond motifs is 1. The summed E-state index contributed by atoms with van der Waals surface area (Å²) >= 11 is 3.38. The maximum Gasteiger partial charge on any atom is 0.245 e. The van der Waals surface area contributed by atoms with Crippen molar-refractivity contribution in [3.05, 3.63) is 40.4 Å². The molecule has 1 aliphatic heterocycles.